The minimum Gasteiger partial charge on any atom is -0.459 e. The number of halogens is 1. The van der Waals surface area contributed by atoms with Gasteiger partial charge in [0.1, 0.15) is 17.2 Å². The van der Waals surface area contributed by atoms with Gasteiger partial charge in [-0.05, 0) is 56.3 Å². The second kappa shape index (κ2) is 5.70. The number of nitrogens with one attached hydrogen (secondary N) is 1. The zero-order chi connectivity index (χ0) is 14.8. The molecule has 0 spiro atoms. The van der Waals surface area contributed by atoms with Crippen molar-refractivity contribution in [3.63, 3.8) is 0 Å². The van der Waals surface area contributed by atoms with Crippen molar-refractivity contribution in [2.75, 3.05) is 7.05 Å². The molecule has 0 fully saturated rings. The molecule has 0 aliphatic rings. The molecule has 0 saturated carbocycles. The molecule has 0 bridgehead atoms. The lowest BCUT2D eigenvalue weighted by molar-refractivity contribution is 0.450. The van der Waals surface area contributed by atoms with E-state index in [1.54, 1.807) is 0 Å². The summed E-state index contributed by atoms with van der Waals surface area (Å²) in [6, 6.07) is 14.9. The summed E-state index contributed by atoms with van der Waals surface area (Å²) in [6.45, 7) is 2.07. The number of rotatable bonds is 4. The normalized spacial score (nSPS) is 12.7. The Bertz CT molecular complexity index is 746. The number of aryl methyl sites for hydroxylation is 1. The van der Waals surface area contributed by atoms with Crippen LogP contribution in [0.1, 0.15) is 22.9 Å². The monoisotopic (exact) mass is 283 g/mol. The van der Waals surface area contributed by atoms with Crippen LogP contribution in [0, 0.1) is 12.7 Å². The Hall–Kier alpha value is -2.13. The third-order valence-electron chi connectivity index (χ3n) is 3.74. The molecule has 0 aliphatic carbocycles. The topological polar surface area (TPSA) is 25.2 Å². The maximum Gasteiger partial charge on any atom is 0.134 e. The van der Waals surface area contributed by atoms with Gasteiger partial charge >= 0.3 is 0 Å². The molecule has 1 aromatic heterocycles. The van der Waals surface area contributed by atoms with Gasteiger partial charge in [0.2, 0.25) is 0 Å². The molecule has 0 aliphatic heterocycles. The van der Waals surface area contributed by atoms with E-state index >= 15 is 0 Å². The first-order chi connectivity index (χ1) is 10.2. The second-order valence-corrected chi connectivity index (χ2v) is 5.36. The van der Waals surface area contributed by atoms with Crippen LogP contribution in [-0.2, 0) is 6.42 Å². The minimum atomic E-state index is -0.209. The molecule has 2 aromatic carbocycles. The minimum absolute atomic E-state index is 0.0724. The third kappa shape index (κ3) is 2.98. The lowest BCUT2D eigenvalue weighted by Gasteiger charge is -2.13. The summed E-state index contributed by atoms with van der Waals surface area (Å²) in [6.07, 6.45) is 0.760. The number of hydrogen-bond donors (Lipinski definition) is 1. The van der Waals surface area contributed by atoms with Crippen molar-refractivity contribution >= 4 is 11.0 Å². The van der Waals surface area contributed by atoms with Crippen molar-refractivity contribution in [1.29, 1.82) is 0 Å². The van der Waals surface area contributed by atoms with Crippen LogP contribution in [0.3, 0.4) is 0 Å². The van der Waals surface area contributed by atoms with Gasteiger partial charge < -0.3 is 9.73 Å². The van der Waals surface area contributed by atoms with Crippen molar-refractivity contribution < 1.29 is 8.81 Å². The molecule has 3 rings (SSSR count). The molecule has 21 heavy (non-hydrogen) atoms. The van der Waals surface area contributed by atoms with E-state index in [1.807, 2.05) is 31.3 Å². The van der Waals surface area contributed by atoms with Crippen LogP contribution >= 0.6 is 0 Å². The van der Waals surface area contributed by atoms with Crippen LogP contribution in [0.2, 0.25) is 0 Å². The van der Waals surface area contributed by atoms with Crippen LogP contribution in [-0.4, -0.2) is 7.05 Å². The predicted octanol–water partition coefficient (Wildman–Crippen LogP) is 4.38. The molecule has 1 heterocycles. The second-order valence-electron chi connectivity index (χ2n) is 5.36. The summed E-state index contributed by atoms with van der Waals surface area (Å²) in [4.78, 5) is 0. The average Bonchev–Trinajstić information content (AvgIpc) is 2.89. The molecule has 1 unspecified atom stereocenters. The Kier molecular flexibility index (Phi) is 3.76. The summed E-state index contributed by atoms with van der Waals surface area (Å²) >= 11 is 0. The van der Waals surface area contributed by atoms with Crippen molar-refractivity contribution in [1.82, 2.24) is 5.32 Å². The predicted molar refractivity (Wildman–Crippen MR) is 82.9 cm³/mol. The zero-order valence-corrected chi connectivity index (χ0v) is 12.2. The fourth-order valence-corrected chi connectivity index (χ4v) is 2.56. The summed E-state index contributed by atoms with van der Waals surface area (Å²) in [5, 5.41) is 4.38. The molecule has 108 valence electrons. The lowest BCUT2D eigenvalue weighted by Crippen LogP contribution is -2.18. The molecule has 1 N–H and O–H groups in total. The van der Waals surface area contributed by atoms with Gasteiger partial charge in [0.25, 0.3) is 0 Å². The van der Waals surface area contributed by atoms with E-state index < -0.39 is 0 Å². The Morgan fingerprint density at radius 3 is 2.57 bits per heavy atom. The highest BCUT2D eigenvalue weighted by molar-refractivity contribution is 5.78. The van der Waals surface area contributed by atoms with Gasteiger partial charge in [0.15, 0.2) is 0 Å². The van der Waals surface area contributed by atoms with Crippen molar-refractivity contribution in [2.24, 2.45) is 0 Å². The number of likely N-dealkylation sites (N-methyl/N-ethyl adjacent to an activating group) is 1. The standard InChI is InChI=1S/C18H18FNO/c1-12-3-8-17-14(9-12)11-18(21-17)16(20-2)10-13-4-6-15(19)7-5-13/h3-9,11,16,20H,10H2,1-2H3. The van der Waals surface area contributed by atoms with E-state index in [0.717, 1.165) is 28.7 Å². The number of fused-ring (bicyclic) bond motifs is 1. The Balaban J connectivity index is 1.88. The van der Waals surface area contributed by atoms with E-state index in [9.17, 15) is 4.39 Å². The van der Waals surface area contributed by atoms with Crippen LogP contribution in [0.5, 0.6) is 0 Å². The molecule has 3 aromatic rings. The zero-order valence-electron chi connectivity index (χ0n) is 12.2. The van der Waals surface area contributed by atoms with E-state index in [2.05, 4.69) is 24.4 Å². The van der Waals surface area contributed by atoms with Gasteiger partial charge in [0, 0.05) is 5.39 Å². The first kappa shape index (κ1) is 13.8. The SMILES string of the molecule is CNC(Cc1ccc(F)cc1)c1cc2cc(C)ccc2o1. The fourth-order valence-electron chi connectivity index (χ4n) is 2.56. The quantitative estimate of drug-likeness (QED) is 0.768. The molecule has 3 heteroatoms. The van der Waals surface area contributed by atoms with Crippen molar-refractivity contribution in [2.45, 2.75) is 19.4 Å². The van der Waals surface area contributed by atoms with Crippen LogP contribution in [0.4, 0.5) is 4.39 Å². The van der Waals surface area contributed by atoms with E-state index in [0.29, 0.717) is 0 Å². The van der Waals surface area contributed by atoms with Crippen molar-refractivity contribution in [3.8, 4) is 0 Å². The van der Waals surface area contributed by atoms with Crippen molar-refractivity contribution in [3.05, 3.63) is 71.2 Å². The highest BCUT2D eigenvalue weighted by atomic mass is 19.1. The molecule has 0 amide bonds. The lowest BCUT2D eigenvalue weighted by atomic mass is 10.0. The molecule has 0 saturated heterocycles. The van der Waals surface area contributed by atoms with Gasteiger partial charge in [-0.25, -0.2) is 4.39 Å². The van der Waals surface area contributed by atoms with Gasteiger partial charge in [-0.3, -0.25) is 0 Å². The largest absolute Gasteiger partial charge is 0.459 e. The van der Waals surface area contributed by atoms with Crippen LogP contribution in [0.15, 0.2) is 52.9 Å². The Labute approximate surface area is 123 Å². The summed E-state index contributed by atoms with van der Waals surface area (Å²) in [7, 11) is 1.91. The summed E-state index contributed by atoms with van der Waals surface area (Å²) < 4.78 is 18.9. The van der Waals surface area contributed by atoms with E-state index in [4.69, 9.17) is 4.42 Å². The van der Waals surface area contributed by atoms with Gasteiger partial charge in [-0.2, -0.15) is 0 Å². The summed E-state index contributed by atoms with van der Waals surface area (Å²) in [5.74, 6) is 0.696. The summed E-state index contributed by atoms with van der Waals surface area (Å²) in [5.41, 5.74) is 3.19. The molecular weight excluding hydrogens is 265 g/mol. The van der Waals surface area contributed by atoms with Gasteiger partial charge in [0.05, 0.1) is 6.04 Å². The fraction of sp³-hybridized carbons (Fsp3) is 0.222. The molecule has 2 nitrogen and oxygen atoms in total. The van der Waals surface area contributed by atoms with Crippen LogP contribution in [0.25, 0.3) is 11.0 Å². The maximum absolute atomic E-state index is 13.0. The van der Waals surface area contributed by atoms with E-state index in [1.165, 1.54) is 17.7 Å². The average molecular weight is 283 g/mol. The highest BCUT2D eigenvalue weighted by Crippen LogP contribution is 2.26. The molecule has 0 radical (unpaired) electrons. The van der Waals surface area contributed by atoms with E-state index in [-0.39, 0.29) is 11.9 Å². The molecular formula is C18H18FNO. The van der Waals surface area contributed by atoms with Crippen LogP contribution < -0.4 is 5.32 Å². The third-order valence-corrected chi connectivity index (χ3v) is 3.74. The number of hydrogen-bond acceptors (Lipinski definition) is 2. The number of benzene rings is 2. The molecule has 1 atom stereocenters. The maximum atomic E-state index is 13.0. The Morgan fingerprint density at radius 2 is 1.86 bits per heavy atom. The number of furan rings is 1. The Morgan fingerprint density at radius 1 is 1.10 bits per heavy atom. The first-order valence-corrected chi connectivity index (χ1v) is 7.07. The smallest absolute Gasteiger partial charge is 0.134 e. The van der Waals surface area contributed by atoms with Gasteiger partial charge in [-0.15, -0.1) is 0 Å². The first-order valence-electron chi connectivity index (χ1n) is 7.07. The van der Waals surface area contributed by atoms with Gasteiger partial charge in [-0.1, -0.05) is 23.8 Å². The highest BCUT2D eigenvalue weighted by Gasteiger charge is 2.15.